The van der Waals surface area contributed by atoms with E-state index < -0.39 is 41.1 Å². The number of aliphatic hydroxyl groups is 1. The summed E-state index contributed by atoms with van der Waals surface area (Å²) in [6.07, 6.45) is -1.56. The number of alkyl halides is 1. The van der Waals surface area contributed by atoms with Gasteiger partial charge in [0, 0.05) is 16.7 Å². The molecule has 0 aliphatic heterocycles. The number of hydrogen-bond donors (Lipinski definition) is 1. The summed E-state index contributed by atoms with van der Waals surface area (Å²) in [5, 5.41) is 13.4. The lowest BCUT2D eigenvalue weighted by Gasteiger charge is -2.29. The smallest absolute Gasteiger partial charge is 0.344 e. The number of aliphatic hydroxyl groups excluding tert-OH is 1. The van der Waals surface area contributed by atoms with Crippen LogP contribution in [0.25, 0.3) is 10.4 Å². The first-order valence-electron chi connectivity index (χ1n) is 6.68. The van der Waals surface area contributed by atoms with Gasteiger partial charge in [-0.1, -0.05) is 5.11 Å². The van der Waals surface area contributed by atoms with Crippen molar-refractivity contribution in [2.75, 3.05) is 13.2 Å². The van der Waals surface area contributed by atoms with Crippen LogP contribution >= 0.6 is 0 Å². The van der Waals surface area contributed by atoms with E-state index in [2.05, 4.69) is 14.8 Å². The van der Waals surface area contributed by atoms with Crippen LogP contribution < -0.4 is 0 Å². The van der Waals surface area contributed by atoms with Crippen molar-refractivity contribution in [3.8, 4) is 0 Å². The molecule has 0 heterocycles. The predicted molar refractivity (Wildman–Crippen MR) is 66.6 cm³/mol. The van der Waals surface area contributed by atoms with Crippen molar-refractivity contribution in [1.29, 1.82) is 0 Å². The van der Waals surface area contributed by atoms with Crippen LogP contribution in [-0.2, 0) is 19.1 Å². The Hall–Kier alpha value is -1.86. The summed E-state index contributed by atoms with van der Waals surface area (Å²) in [4.78, 5) is 26.4. The van der Waals surface area contributed by atoms with Gasteiger partial charge in [0.15, 0.2) is 5.54 Å². The maximum Gasteiger partial charge on any atom is 0.344 e. The molecule has 116 valence electrons. The van der Waals surface area contributed by atoms with Crippen molar-refractivity contribution in [2.45, 2.75) is 37.6 Å². The van der Waals surface area contributed by atoms with E-state index >= 15 is 0 Å². The molecule has 0 saturated heterocycles. The largest absolute Gasteiger partial charge is 0.465 e. The maximum absolute atomic E-state index is 14.8. The molecule has 0 amide bonds. The third-order valence-electron chi connectivity index (χ3n) is 4.15. The minimum Gasteiger partial charge on any atom is -0.465 e. The molecule has 8 nitrogen and oxygen atoms in total. The molecule has 21 heavy (non-hydrogen) atoms. The molecule has 2 saturated carbocycles. The van der Waals surface area contributed by atoms with Gasteiger partial charge < -0.3 is 14.6 Å². The van der Waals surface area contributed by atoms with Gasteiger partial charge >= 0.3 is 11.9 Å². The van der Waals surface area contributed by atoms with Crippen molar-refractivity contribution >= 4 is 11.9 Å². The normalized spacial score (nSPS) is 39.9. The van der Waals surface area contributed by atoms with Gasteiger partial charge in [0.05, 0.1) is 19.3 Å². The zero-order valence-electron chi connectivity index (χ0n) is 11.7. The highest BCUT2D eigenvalue weighted by atomic mass is 19.1. The number of carbonyl (C=O) groups excluding carboxylic acids is 2. The lowest BCUT2D eigenvalue weighted by molar-refractivity contribution is -0.160. The van der Waals surface area contributed by atoms with Gasteiger partial charge in [0.2, 0.25) is 5.67 Å². The molecular formula is C12H16FN3O5. The molecule has 0 spiro atoms. The first-order valence-corrected chi connectivity index (χ1v) is 6.68. The van der Waals surface area contributed by atoms with Gasteiger partial charge in [-0.15, -0.1) is 0 Å². The fourth-order valence-corrected chi connectivity index (χ4v) is 3.26. The Morgan fingerprint density at radius 1 is 1.38 bits per heavy atom. The average molecular weight is 301 g/mol. The molecule has 0 radical (unpaired) electrons. The summed E-state index contributed by atoms with van der Waals surface area (Å²) in [6, 6.07) is 0. The van der Waals surface area contributed by atoms with Crippen molar-refractivity contribution < 1.29 is 28.6 Å². The number of fused-ring (bicyclic) bond motifs is 1. The third kappa shape index (κ3) is 1.88. The van der Waals surface area contributed by atoms with Crippen LogP contribution in [0.4, 0.5) is 4.39 Å². The Labute approximate surface area is 119 Å². The second-order valence-electron chi connectivity index (χ2n) is 5.06. The highest BCUT2D eigenvalue weighted by Crippen LogP contribution is 2.69. The summed E-state index contributed by atoms with van der Waals surface area (Å²) in [7, 11) is 0. The van der Waals surface area contributed by atoms with Gasteiger partial charge in [-0.2, -0.15) is 0 Å². The quantitative estimate of drug-likeness (QED) is 0.349. The number of esters is 2. The summed E-state index contributed by atoms with van der Waals surface area (Å²) in [5.41, 5.74) is 4.14. The molecule has 2 fully saturated rings. The Kier molecular flexibility index (Phi) is 3.81. The minimum absolute atomic E-state index is 0.0135. The molecule has 0 aromatic rings. The fourth-order valence-electron chi connectivity index (χ4n) is 3.26. The second-order valence-corrected chi connectivity index (χ2v) is 5.06. The van der Waals surface area contributed by atoms with E-state index in [1.165, 1.54) is 13.8 Å². The van der Waals surface area contributed by atoms with E-state index in [0.717, 1.165) is 0 Å². The molecule has 0 bridgehead atoms. The van der Waals surface area contributed by atoms with Crippen LogP contribution in [0.5, 0.6) is 0 Å². The lowest BCUT2D eigenvalue weighted by atomic mass is 9.87. The van der Waals surface area contributed by atoms with Crippen molar-refractivity contribution in [2.24, 2.45) is 17.0 Å². The Morgan fingerprint density at radius 3 is 2.48 bits per heavy atom. The summed E-state index contributed by atoms with van der Waals surface area (Å²) >= 11 is 0. The van der Waals surface area contributed by atoms with Gasteiger partial charge in [-0.25, -0.2) is 9.18 Å². The van der Waals surface area contributed by atoms with Crippen molar-refractivity contribution in [1.82, 2.24) is 0 Å². The molecule has 1 N–H and O–H groups in total. The molecule has 0 aromatic heterocycles. The van der Waals surface area contributed by atoms with Crippen molar-refractivity contribution in [3.05, 3.63) is 10.4 Å². The van der Waals surface area contributed by atoms with Crippen LogP contribution in [-0.4, -0.2) is 47.6 Å². The van der Waals surface area contributed by atoms with Crippen LogP contribution in [0.15, 0.2) is 5.11 Å². The van der Waals surface area contributed by atoms with E-state index in [1.807, 2.05) is 0 Å². The molecule has 0 aromatic carbocycles. The van der Waals surface area contributed by atoms with Gasteiger partial charge in [0.25, 0.3) is 0 Å². The minimum atomic E-state index is -2.42. The predicted octanol–water partition coefficient (Wildman–Crippen LogP) is 0.881. The van der Waals surface area contributed by atoms with Crippen LogP contribution in [0.3, 0.4) is 0 Å². The number of azide groups is 1. The first kappa shape index (κ1) is 15.5. The first-order chi connectivity index (χ1) is 9.91. The van der Waals surface area contributed by atoms with Gasteiger partial charge in [-0.05, 0) is 25.8 Å². The summed E-state index contributed by atoms with van der Waals surface area (Å²) in [6.45, 7) is 3.02. The number of ether oxygens (including phenoxy) is 2. The second kappa shape index (κ2) is 5.16. The molecule has 2 rings (SSSR count). The number of nitrogens with zero attached hydrogens (tertiary/aromatic N) is 3. The van der Waals surface area contributed by atoms with E-state index in [4.69, 9.17) is 10.3 Å². The molecular weight excluding hydrogens is 285 g/mol. The maximum atomic E-state index is 14.8. The van der Waals surface area contributed by atoms with Gasteiger partial charge in [-0.3, -0.25) is 4.79 Å². The highest BCUT2D eigenvalue weighted by molar-refractivity contribution is 5.92. The Morgan fingerprint density at radius 2 is 1.95 bits per heavy atom. The zero-order chi connectivity index (χ0) is 15.8. The van der Waals surface area contributed by atoms with E-state index in [0.29, 0.717) is 0 Å². The topological polar surface area (TPSA) is 122 Å². The highest BCUT2D eigenvalue weighted by Gasteiger charge is 2.86. The van der Waals surface area contributed by atoms with E-state index in [1.54, 1.807) is 0 Å². The van der Waals surface area contributed by atoms with Gasteiger partial charge in [0.1, 0.15) is 0 Å². The number of hydrogen-bond acceptors (Lipinski definition) is 6. The van der Waals surface area contributed by atoms with Crippen LogP contribution in [0, 0.1) is 11.8 Å². The van der Waals surface area contributed by atoms with E-state index in [-0.39, 0.29) is 19.6 Å². The molecule has 9 heteroatoms. The zero-order valence-corrected chi connectivity index (χ0v) is 11.7. The number of halogens is 1. The molecule has 0 unspecified atom stereocenters. The van der Waals surface area contributed by atoms with Crippen molar-refractivity contribution in [3.63, 3.8) is 0 Å². The fraction of sp³-hybridized carbons (Fsp3) is 0.833. The summed E-state index contributed by atoms with van der Waals surface area (Å²) < 4.78 is 24.3. The SMILES string of the molecule is CCOC(=O)[C@@]1(F)[C@@H]2C[C@@H](O)[C@@](N=[N+]=[N-])(C(=O)OCC)[C@@H]21. The average Bonchev–Trinajstić information content (AvgIpc) is 2.89. The Balaban J connectivity index is 2.39. The third-order valence-corrected chi connectivity index (χ3v) is 4.15. The van der Waals surface area contributed by atoms with Crippen LogP contribution in [0.1, 0.15) is 20.3 Å². The molecule has 2 aliphatic rings. The van der Waals surface area contributed by atoms with Crippen LogP contribution in [0.2, 0.25) is 0 Å². The Bertz CT molecular complexity index is 523. The molecule has 5 atom stereocenters. The number of rotatable bonds is 5. The lowest BCUT2D eigenvalue weighted by Crippen LogP contribution is -2.52. The monoisotopic (exact) mass is 301 g/mol. The standard InChI is InChI=1S/C12H16FN3O5/c1-3-20-9(18)11(13)6-5-7(17)12(8(6)11,15-16-14)10(19)21-4-2/h6-8,17H,3-5H2,1-2H3/t6-,7-,8+,11-,12+/m1/s1. The van der Waals surface area contributed by atoms with E-state index in [9.17, 15) is 19.1 Å². The summed E-state index contributed by atoms with van der Waals surface area (Å²) in [5.74, 6) is -4.30. The molecule has 2 aliphatic carbocycles. The number of carbonyl (C=O) groups is 2.